The Balaban J connectivity index is 0.000000360. The number of carbonyl (C=O) groups is 2. The molecule has 0 bridgehead atoms. The van der Waals surface area contributed by atoms with Crippen molar-refractivity contribution in [2.24, 2.45) is 0 Å². The van der Waals surface area contributed by atoms with Gasteiger partial charge in [0.2, 0.25) is 0 Å². The molecular weight excluding hydrogens is 416 g/mol. The molecule has 2 aromatic carbocycles. The molecule has 0 heterocycles. The molecule has 184 valence electrons. The van der Waals surface area contributed by atoms with Gasteiger partial charge >= 0.3 is 0 Å². The Labute approximate surface area is 211 Å². The number of Topliss-reactive ketones (excluding diaryl/α,β-unsaturated/α-hetero) is 2. The number of carbonyl (C=O) groups excluding carboxylic acids is 2. The van der Waals surface area contributed by atoms with Crippen molar-refractivity contribution in [1.82, 2.24) is 0 Å². The number of allylic oxidation sites excluding steroid dienone is 2. The van der Waals surface area contributed by atoms with E-state index in [-0.39, 0.29) is 18.5 Å². The zero-order chi connectivity index (χ0) is 28.1. The molecule has 0 amide bonds. The van der Waals surface area contributed by atoms with Crippen molar-refractivity contribution >= 4 is 11.6 Å². The highest BCUT2D eigenvalue weighted by Gasteiger charge is 2.19. The van der Waals surface area contributed by atoms with Crippen molar-refractivity contribution in [3.8, 4) is 0 Å². The molecule has 34 heavy (non-hydrogen) atoms. The summed E-state index contributed by atoms with van der Waals surface area (Å²) in [5.74, 6) is 0.0740. The molecule has 0 radical (unpaired) electrons. The largest absolute Gasteiger partial charge is 0.294 e. The molecule has 0 aliphatic carbocycles. The molecule has 0 saturated heterocycles. The van der Waals surface area contributed by atoms with E-state index in [1.54, 1.807) is 0 Å². The molecule has 0 aliphatic rings. The zero-order valence-corrected chi connectivity index (χ0v) is 23.1. The lowest BCUT2D eigenvalue weighted by atomic mass is 9.85. The third-order valence-corrected chi connectivity index (χ3v) is 7.29. The van der Waals surface area contributed by atoms with E-state index >= 15 is 0 Å². The first kappa shape index (κ1) is 25.9. The summed E-state index contributed by atoms with van der Waals surface area (Å²) in [7, 11) is 0. The van der Waals surface area contributed by atoms with Crippen molar-refractivity contribution in [3.05, 3.63) is 91.5 Å². The van der Waals surface area contributed by atoms with Crippen LogP contribution in [0, 0.1) is 55.4 Å². The summed E-state index contributed by atoms with van der Waals surface area (Å²) in [5, 5.41) is 0. The topological polar surface area (TPSA) is 34.1 Å². The average molecular weight is 465 g/mol. The molecule has 2 heteroatoms. The van der Waals surface area contributed by atoms with Gasteiger partial charge in [-0.1, -0.05) is 25.1 Å². The van der Waals surface area contributed by atoms with Gasteiger partial charge in [0.05, 0.1) is 1.37 Å². The highest BCUT2D eigenvalue weighted by atomic mass is 16.1. The predicted octanol–water partition coefficient (Wildman–Crippen LogP) is 8.48. The summed E-state index contributed by atoms with van der Waals surface area (Å²) >= 11 is 0. The number of hydrogen-bond acceptors (Lipinski definition) is 2. The summed E-state index contributed by atoms with van der Waals surface area (Å²) in [6, 6.07) is 0.353. The normalized spacial score (nSPS) is 11.2. The molecule has 0 aromatic heterocycles. The van der Waals surface area contributed by atoms with Gasteiger partial charge in [0, 0.05) is 18.9 Å². The molecule has 0 aliphatic heterocycles. The highest BCUT2D eigenvalue weighted by Crippen LogP contribution is 2.29. The quantitative estimate of drug-likeness (QED) is 0.304. The van der Waals surface area contributed by atoms with E-state index in [0.29, 0.717) is 18.9 Å². The molecule has 0 unspecified atom stereocenters. The number of benzene rings is 2. The lowest BCUT2D eigenvalue weighted by Crippen LogP contribution is -2.10. The molecule has 0 saturated carbocycles. The fraction of sp³-hybridized carbons (Fsp3) is 0.438. The van der Waals surface area contributed by atoms with E-state index in [1.807, 2.05) is 41.5 Å². The third-order valence-electron chi connectivity index (χ3n) is 7.29. The Morgan fingerprint density at radius 2 is 1.24 bits per heavy atom. The summed E-state index contributed by atoms with van der Waals surface area (Å²) in [6.07, 6.45) is 1.68. The van der Waals surface area contributed by atoms with Gasteiger partial charge in [0.15, 0.2) is 11.6 Å². The van der Waals surface area contributed by atoms with Crippen molar-refractivity contribution in [2.45, 2.75) is 95.4 Å². The zero-order valence-electron chi connectivity index (χ0n) is 25.1. The summed E-state index contributed by atoms with van der Waals surface area (Å²) in [4.78, 5) is 24.2. The minimum absolute atomic E-state index is 0.0880. The molecule has 2 rings (SSSR count). The Hall–Kier alpha value is -2.74. The van der Waals surface area contributed by atoms with Crippen LogP contribution < -0.4 is 0 Å². The van der Waals surface area contributed by atoms with E-state index in [9.17, 15) is 9.59 Å². The minimum Gasteiger partial charge on any atom is -0.294 e. The maximum absolute atomic E-state index is 12.2. The standard InChI is InChI=1S/2C16H22O/c1-9(2)8-15-12(5)10(3)11(4)13(6)16(15)14(7)17;1-7-9-14-12(5)10(3)11(4)13(6)16(14)15(17)8-2/h1,8H2,2-7H3;7H,1,8-9H2,2-6H3/i2*7T. The van der Waals surface area contributed by atoms with Crippen molar-refractivity contribution in [3.63, 3.8) is 0 Å². The fourth-order valence-electron chi connectivity index (χ4n) is 4.58. The molecule has 0 spiro atoms. The van der Waals surface area contributed by atoms with Crippen LogP contribution in [0.25, 0.3) is 0 Å². The second-order valence-corrected chi connectivity index (χ2v) is 9.47. The minimum atomic E-state index is -0.189. The van der Waals surface area contributed by atoms with E-state index in [0.717, 1.165) is 62.1 Å². The fourth-order valence-corrected chi connectivity index (χ4v) is 4.58. The monoisotopic (exact) mass is 464 g/mol. The van der Waals surface area contributed by atoms with E-state index in [2.05, 4.69) is 40.9 Å². The molecule has 0 N–H and O–H groups in total. The summed E-state index contributed by atoms with van der Waals surface area (Å²) in [5.41, 5.74) is 13.8. The number of hydrogen-bond donors (Lipinski definition) is 0. The molecular formula is C32H44O2. The van der Waals surface area contributed by atoms with E-state index in [4.69, 9.17) is 2.74 Å². The first-order valence-corrected chi connectivity index (χ1v) is 11.9. The van der Waals surface area contributed by atoms with Gasteiger partial charge in [0.25, 0.3) is 0 Å². The molecule has 2 aromatic rings. The highest BCUT2D eigenvalue weighted by molar-refractivity contribution is 5.99. The maximum atomic E-state index is 12.2. The maximum Gasteiger partial charge on any atom is 0.163 e. The summed E-state index contributed by atoms with van der Waals surface area (Å²) < 4.78 is 14.9. The van der Waals surface area contributed by atoms with Crippen LogP contribution in [0.1, 0.15) is 106 Å². The first-order chi connectivity index (χ1) is 16.6. The SMILES string of the molecule is [3H]C(=C)Cc1c(C)c(C)c(C)c(C)c1C(=O)CC.[3H]CC(=O)c1c(C)c(C)c(C)c(C)c1CC(=C)C. The van der Waals surface area contributed by atoms with Gasteiger partial charge in [-0.3, -0.25) is 9.59 Å². The Morgan fingerprint density at radius 3 is 1.65 bits per heavy atom. The van der Waals surface area contributed by atoms with Gasteiger partial charge in [-0.25, -0.2) is 0 Å². The van der Waals surface area contributed by atoms with Crippen LogP contribution >= 0.6 is 0 Å². The second kappa shape index (κ2) is 12.1. The Bertz CT molecular complexity index is 1120. The van der Waals surface area contributed by atoms with Gasteiger partial charge in [0.1, 0.15) is 0 Å². The van der Waals surface area contributed by atoms with Crippen LogP contribution in [-0.4, -0.2) is 11.6 Å². The van der Waals surface area contributed by atoms with Gasteiger partial charge in [-0.2, -0.15) is 0 Å². The average Bonchev–Trinajstić information content (AvgIpc) is 2.82. The Morgan fingerprint density at radius 1 is 0.794 bits per heavy atom. The van der Waals surface area contributed by atoms with Gasteiger partial charge < -0.3 is 0 Å². The summed E-state index contributed by atoms with van der Waals surface area (Å²) in [6.45, 7) is 27.6. The van der Waals surface area contributed by atoms with E-state index in [1.165, 1.54) is 16.7 Å². The van der Waals surface area contributed by atoms with Crippen LogP contribution in [0.15, 0.2) is 24.8 Å². The van der Waals surface area contributed by atoms with Crippen molar-refractivity contribution in [2.75, 3.05) is 0 Å². The predicted molar refractivity (Wildman–Crippen MR) is 148 cm³/mol. The lowest BCUT2D eigenvalue weighted by molar-refractivity contribution is 0.0984. The van der Waals surface area contributed by atoms with Crippen LogP contribution in [0.5, 0.6) is 0 Å². The molecule has 0 fully saturated rings. The van der Waals surface area contributed by atoms with E-state index < -0.39 is 0 Å². The molecule has 0 atom stereocenters. The first-order valence-electron chi connectivity index (χ1n) is 13.2. The van der Waals surface area contributed by atoms with Crippen molar-refractivity contribution < 1.29 is 12.3 Å². The van der Waals surface area contributed by atoms with Crippen molar-refractivity contribution in [1.29, 1.82) is 0 Å². The van der Waals surface area contributed by atoms with Crippen LogP contribution in [-0.2, 0) is 12.8 Å². The lowest BCUT2D eigenvalue weighted by Gasteiger charge is -2.19. The third kappa shape index (κ3) is 6.03. The van der Waals surface area contributed by atoms with Gasteiger partial charge in [-0.15, -0.1) is 6.58 Å². The number of rotatable bonds is 7. The Kier molecular flexibility index (Phi) is 9.21. The molecule has 2 nitrogen and oxygen atoms in total. The number of ketones is 2. The van der Waals surface area contributed by atoms with Crippen LogP contribution in [0.4, 0.5) is 0 Å². The second-order valence-electron chi connectivity index (χ2n) is 9.47. The van der Waals surface area contributed by atoms with Gasteiger partial charge in [-0.05, 0) is 138 Å². The van der Waals surface area contributed by atoms with Crippen LogP contribution in [0.3, 0.4) is 0 Å². The van der Waals surface area contributed by atoms with Crippen LogP contribution in [0.2, 0.25) is 0 Å². The smallest absolute Gasteiger partial charge is 0.163 e.